The van der Waals surface area contributed by atoms with E-state index in [0.29, 0.717) is 28.7 Å². The summed E-state index contributed by atoms with van der Waals surface area (Å²) in [6, 6.07) is 0. The Morgan fingerprint density at radius 1 is 1.23 bits per heavy atom. The quantitative estimate of drug-likeness (QED) is 0.463. The topological polar surface area (TPSA) is 99.1 Å². The van der Waals surface area contributed by atoms with E-state index >= 15 is 0 Å². The molecule has 1 aliphatic carbocycles. The average Bonchev–Trinajstić information content (AvgIpc) is 2.83. The minimum atomic E-state index is -0.783. The van der Waals surface area contributed by atoms with E-state index in [2.05, 4.69) is 0 Å². The Balaban J connectivity index is 2.42. The van der Waals surface area contributed by atoms with Gasteiger partial charge in [0.25, 0.3) is 0 Å². The first kappa shape index (κ1) is 19.9. The van der Waals surface area contributed by atoms with E-state index in [1.165, 1.54) is 13.8 Å². The lowest BCUT2D eigenvalue weighted by Gasteiger charge is -2.24. The van der Waals surface area contributed by atoms with Crippen molar-refractivity contribution in [2.75, 3.05) is 6.61 Å². The number of rotatable bonds is 3. The molecule has 2 rings (SSSR count). The van der Waals surface area contributed by atoms with Crippen LogP contribution in [-0.4, -0.2) is 47.9 Å². The van der Waals surface area contributed by atoms with Crippen LogP contribution in [0.2, 0.25) is 0 Å². The summed E-state index contributed by atoms with van der Waals surface area (Å²) in [7, 11) is 0. The summed E-state index contributed by atoms with van der Waals surface area (Å²) in [6.07, 6.45) is 2.11. The number of hydrogen-bond acceptors (Lipinski definition) is 7. The van der Waals surface area contributed by atoms with Crippen molar-refractivity contribution in [3.8, 4) is 0 Å². The van der Waals surface area contributed by atoms with Crippen LogP contribution >= 0.6 is 0 Å². The number of ether oxygens (including phenoxy) is 3. The number of fused-ring (bicyclic) bond motifs is 1. The summed E-state index contributed by atoms with van der Waals surface area (Å²) in [5, 5.41) is 10.4. The highest BCUT2D eigenvalue weighted by Crippen LogP contribution is 2.31. The zero-order chi connectivity index (χ0) is 19.4. The molecule has 0 fully saturated rings. The molecule has 3 atom stereocenters. The number of aliphatic hydroxyl groups is 1. The number of allylic oxidation sites excluding steroid dienone is 1. The average molecular weight is 364 g/mol. The van der Waals surface area contributed by atoms with Gasteiger partial charge in [-0.05, 0) is 43.1 Å². The molecule has 0 aromatic carbocycles. The van der Waals surface area contributed by atoms with Gasteiger partial charge >= 0.3 is 17.9 Å². The number of hydrogen-bond donors (Lipinski definition) is 1. The van der Waals surface area contributed by atoms with Crippen molar-refractivity contribution in [2.45, 2.75) is 58.8 Å². The molecule has 0 unspecified atom stereocenters. The van der Waals surface area contributed by atoms with Gasteiger partial charge in [-0.1, -0.05) is 6.08 Å². The van der Waals surface area contributed by atoms with Gasteiger partial charge in [0.1, 0.15) is 18.8 Å². The zero-order valence-electron chi connectivity index (χ0n) is 15.4. The smallest absolute Gasteiger partial charge is 0.338 e. The number of carbonyl (C=O) groups is 3. The fourth-order valence-electron chi connectivity index (χ4n) is 2.93. The molecule has 0 spiro atoms. The van der Waals surface area contributed by atoms with Crippen LogP contribution in [0.5, 0.6) is 0 Å². The Hall–Kier alpha value is -2.41. The maximum Gasteiger partial charge on any atom is 0.338 e. The third-order valence-corrected chi connectivity index (χ3v) is 4.47. The highest BCUT2D eigenvalue weighted by molar-refractivity contribution is 5.93. The van der Waals surface area contributed by atoms with Crippen molar-refractivity contribution in [1.82, 2.24) is 0 Å². The van der Waals surface area contributed by atoms with Gasteiger partial charge in [0, 0.05) is 20.3 Å². The third-order valence-electron chi connectivity index (χ3n) is 4.47. The van der Waals surface area contributed by atoms with E-state index in [1.54, 1.807) is 19.9 Å². The maximum atomic E-state index is 12.2. The first-order valence-electron chi connectivity index (χ1n) is 8.45. The molecule has 1 heterocycles. The van der Waals surface area contributed by atoms with Crippen LogP contribution in [0.4, 0.5) is 0 Å². The van der Waals surface area contributed by atoms with Crippen molar-refractivity contribution < 1.29 is 33.7 Å². The largest absolute Gasteiger partial charge is 0.461 e. The Morgan fingerprint density at radius 2 is 1.92 bits per heavy atom. The minimum Gasteiger partial charge on any atom is -0.461 e. The molecule has 0 aromatic rings. The van der Waals surface area contributed by atoms with E-state index in [1.807, 2.05) is 6.08 Å². The molecule has 7 nitrogen and oxygen atoms in total. The highest BCUT2D eigenvalue weighted by atomic mass is 16.6. The van der Waals surface area contributed by atoms with Gasteiger partial charge in [0.05, 0.1) is 11.7 Å². The molecule has 142 valence electrons. The van der Waals surface area contributed by atoms with Crippen molar-refractivity contribution in [3.63, 3.8) is 0 Å². The molecule has 0 saturated heterocycles. The Labute approximate surface area is 152 Å². The van der Waals surface area contributed by atoms with Gasteiger partial charge in [0.15, 0.2) is 0 Å². The standard InChI is InChI=1S/C19H24O7/c1-10-5-6-14-15(9-24-12(3)20)19(23)26-18(14)7-11(2)17(8-16(10)22)25-13(4)21/h5,7,16-18,22H,6,8-9H2,1-4H3/b10-5-,11-7+/t16-,17+,18+/m1/s1. The third kappa shape index (κ3) is 4.82. The molecule has 26 heavy (non-hydrogen) atoms. The molecule has 7 heteroatoms. The molecule has 0 saturated carbocycles. The molecule has 0 radical (unpaired) electrons. The monoisotopic (exact) mass is 364 g/mol. The van der Waals surface area contributed by atoms with E-state index in [0.717, 1.165) is 0 Å². The van der Waals surface area contributed by atoms with Crippen molar-refractivity contribution in [1.29, 1.82) is 0 Å². The summed E-state index contributed by atoms with van der Waals surface area (Å²) in [5.41, 5.74) is 2.36. The predicted molar refractivity (Wildman–Crippen MR) is 91.8 cm³/mol. The minimum absolute atomic E-state index is 0.157. The fourth-order valence-corrected chi connectivity index (χ4v) is 2.93. The molecule has 2 aliphatic rings. The molecule has 1 N–H and O–H groups in total. The van der Waals surface area contributed by atoms with Crippen molar-refractivity contribution in [2.24, 2.45) is 0 Å². The van der Waals surface area contributed by atoms with Gasteiger partial charge in [-0.3, -0.25) is 9.59 Å². The Kier molecular flexibility index (Phi) is 6.37. The van der Waals surface area contributed by atoms with E-state index in [4.69, 9.17) is 14.2 Å². The van der Waals surface area contributed by atoms with Crippen LogP contribution in [0.3, 0.4) is 0 Å². The van der Waals surface area contributed by atoms with Crippen LogP contribution in [0.15, 0.2) is 34.4 Å². The summed E-state index contributed by atoms with van der Waals surface area (Å²) in [6.45, 7) is 5.95. The van der Waals surface area contributed by atoms with Crippen LogP contribution in [0, 0.1) is 0 Å². The zero-order valence-corrected chi connectivity index (χ0v) is 15.4. The Morgan fingerprint density at radius 3 is 2.54 bits per heavy atom. The van der Waals surface area contributed by atoms with Crippen molar-refractivity contribution in [3.05, 3.63) is 34.4 Å². The highest BCUT2D eigenvalue weighted by Gasteiger charge is 2.34. The van der Waals surface area contributed by atoms with Crippen LogP contribution in [-0.2, 0) is 28.6 Å². The molecule has 1 aliphatic heterocycles. The summed E-state index contributed by atoms with van der Waals surface area (Å²) in [4.78, 5) is 34.7. The van der Waals surface area contributed by atoms with Crippen LogP contribution in [0.1, 0.15) is 40.5 Å². The lowest BCUT2D eigenvalue weighted by molar-refractivity contribution is -0.146. The lowest BCUT2D eigenvalue weighted by atomic mass is 9.92. The van der Waals surface area contributed by atoms with E-state index in [9.17, 15) is 19.5 Å². The SMILES string of the molecule is CC(=O)OCC1=C2C/C=C(/C)[C@H](O)C[C@H](OC(C)=O)/C(C)=C/[C@@H]2OC1=O. The fraction of sp³-hybridized carbons (Fsp3) is 0.526. The number of aliphatic hydroxyl groups excluding tert-OH is 1. The van der Waals surface area contributed by atoms with Crippen molar-refractivity contribution >= 4 is 17.9 Å². The summed E-state index contributed by atoms with van der Waals surface area (Å²) >= 11 is 0. The lowest BCUT2D eigenvalue weighted by Crippen LogP contribution is -2.26. The second kappa shape index (κ2) is 8.31. The van der Waals surface area contributed by atoms with Gasteiger partial charge in [-0.15, -0.1) is 0 Å². The predicted octanol–water partition coefficient (Wildman–Crippen LogP) is 1.75. The maximum absolute atomic E-state index is 12.2. The Bertz CT molecular complexity index is 699. The first-order valence-corrected chi connectivity index (χ1v) is 8.45. The number of esters is 3. The van der Waals surface area contributed by atoms with Gasteiger partial charge in [0.2, 0.25) is 0 Å². The summed E-state index contributed by atoms with van der Waals surface area (Å²) in [5.74, 6) is -1.48. The molecule has 0 amide bonds. The van der Waals surface area contributed by atoms with Crippen LogP contribution < -0.4 is 0 Å². The number of carbonyl (C=O) groups excluding carboxylic acids is 3. The second-order valence-electron chi connectivity index (χ2n) is 6.52. The van der Waals surface area contributed by atoms with Gasteiger partial charge < -0.3 is 19.3 Å². The van der Waals surface area contributed by atoms with E-state index < -0.39 is 36.2 Å². The van der Waals surface area contributed by atoms with Gasteiger partial charge in [-0.2, -0.15) is 0 Å². The molecular formula is C19H24O7. The molecule has 0 bridgehead atoms. The summed E-state index contributed by atoms with van der Waals surface area (Å²) < 4.78 is 15.7. The van der Waals surface area contributed by atoms with Crippen LogP contribution in [0.25, 0.3) is 0 Å². The van der Waals surface area contributed by atoms with E-state index in [-0.39, 0.29) is 13.0 Å². The molecule has 0 aromatic heterocycles. The second-order valence-corrected chi connectivity index (χ2v) is 6.52. The first-order chi connectivity index (χ1) is 12.2. The van der Waals surface area contributed by atoms with Gasteiger partial charge in [-0.25, -0.2) is 4.79 Å². The normalized spacial score (nSPS) is 30.3. The molecular weight excluding hydrogens is 340 g/mol.